The molecule has 10 heteroatoms. The Hall–Kier alpha value is 1.77. The van der Waals surface area contributed by atoms with Crippen LogP contribution in [0.1, 0.15) is 0 Å². The van der Waals surface area contributed by atoms with E-state index in [1.165, 1.54) is 0 Å². The van der Waals surface area contributed by atoms with Crippen molar-refractivity contribution in [1.82, 2.24) is 0 Å². The van der Waals surface area contributed by atoms with Crippen molar-refractivity contribution in [3.63, 3.8) is 0 Å². The van der Waals surface area contributed by atoms with E-state index in [1.54, 1.807) is 0 Å². The molecule has 0 fully saturated rings. The summed E-state index contributed by atoms with van der Waals surface area (Å²) < 4.78 is 10.0. The van der Waals surface area contributed by atoms with Crippen LogP contribution in [0.3, 0.4) is 0 Å². The average Bonchev–Trinajstić information content (AvgIpc) is 1.81. The maximum atomic E-state index is 10.0. The van der Waals surface area contributed by atoms with Gasteiger partial charge in [-0.2, -0.15) is 0 Å². The normalized spacial score (nSPS) is 11.3. The minimum absolute atomic E-state index is 0. The maximum absolute atomic E-state index is 10.0. The van der Waals surface area contributed by atoms with E-state index in [0.717, 1.165) is 0 Å². The first kappa shape index (κ1) is 19.4. The minimum Gasteiger partial charge on any atom is -0.862 e. The third kappa shape index (κ3) is 14.3. The summed E-state index contributed by atoms with van der Waals surface area (Å²) in [6.07, 6.45) is 0. The molecule has 2 N–H and O–H groups in total. The minimum atomic E-state index is -4.24. The first-order valence-electron chi connectivity index (χ1n) is 2.02. The zero-order chi connectivity index (χ0) is 8.20. The number of hydrogen-bond acceptors (Lipinski definition) is 5. The van der Waals surface area contributed by atoms with Crippen LogP contribution in [0, 0.1) is 5.21 Å². The van der Waals surface area contributed by atoms with Gasteiger partial charge in [-0.25, -0.2) is 4.57 Å². The monoisotopic (exact) mass is 231 g/mol. The Kier molecular flexibility index (Phi) is 15.1. The summed E-state index contributed by atoms with van der Waals surface area (Å²) in [6, 6.07) is 0. The molecular weight excluding hydrogens is 227 g/mol. The topological polar surface area (TPSA) is 116 Å². The van der Waals surface area contributed by atoms with Crippen LogP contribution < -0.4 is 64.2 Å². The summed E-state index contributed by atoms with van der Waals surface area (Å²) >= 11 is 0.0896. The van der Waals surface area contributed by atoms with Crippen molar-refractivity contribution in [2.24, 2.45) is 5.16 Å². The summed E-state index contributed by atoms with van der Waals surface area (Å²) in [7, 11) is 0. The molecule has 0 saturated carbocycles. The Morgan fingerprint density at radius 1 is 1.50 bits per heavy atom. The number of rotatable bonds is 3. The standard InChI is InChI=1S/C2H6NO5PS.2Na/c4-2(3-5)1-10-9(6,7)8;;/h5H,1H2,(H,3,4)(H2,6,7,8);;/q;2*+1/p-2. The van der Waals surface area contributed by atoms with Gasteiger partial charge in [-0.1, -0.05) is 0 Å². The van der Waals surface area contributed by atoms with Crippen molar-refractivity contribution >= 4 is 24.1 Å². The van der Waals surface area contributed by atoms with E-state index in [2.05, 4.69) is 0 Å². The zero-order valence-electron chi connectivity index (χ0n) is 6.63. The second kappa shape index (κ2) is 9.33. The zero-order valence-corrected chi connectivity index (χ0v) is 12.3. The molecule has 6 nitrogen and oxygen atoms in total. The molecule has 0 aromatic carbocycles. The van der Waals surface area contributed by atoms with E-state index in [-0.39, 0.29) is 70.5 Å². The quantitative estimate of drug-likeness (QED) is 0.164. The first-order chi connectivity index (χ1) is 4.45. The molecule has 0 atom stereocenters. The smallest absolute Gasteiger partial charge is 0.862 e. The van der Waals surface area contributed by atoms with E-state index in [1.807, 2.05) is 5.16 Å². The van der Waals surface area contributed by atoms with Crippen LogP contribution in [0.4, 0.5) is 0 Å². The molecule has 0 aromatic rings. The van der Waals surface area contributed by atoms with Gasteiger partial charge >= 0.3 is 65.9 Å². The fraction of sp³-hybridized carbons (Fsp3) is 0.500. The number of nitrogens with zero attached hydrogens (tertiary/aromatic N) is 1. The summed E-state index contributed by atoms with van der Waals surface area (Å²) in [4.78, 5) is 16.3. The van der Waals surface area contributed by atoms with Gasteiger partial charge in [0.2, 0.25) is 0 Å². The van der Waals surface area contributed by atoms with Crippen molar-refractivity contribution < 1.29 is 78.6 Å². The second-order valence-electron chi connectivity index (χ2n) is 1.25. The summed E-state index contributed by atoms with van der Waals surface area (Å²) in [5.74, 6) is -1.65. The van der Waals surface area contributed by atoms with Gasteiger partial charge in [-0.3, -0.25) is 0 Å². The molecule has 0 aliphatic carbocycles. The molecule has 0 spiro atoms. The SMILES string of the molecule is O=P(O)(O)SCC([O-])=N[O-].[Na+].[Na+]. The molecule has 0 aliphatic heterocycles. The van der Waals surface area contributed by atoms with Gasteiger partial charge in [0.1, 0.15) is 0 Å². The summed E-state index contributed by atoms with van der Waals surface area (Å²) in [5, 5.41) is 21.3. The van der Waals surface area contributed by atoms with Crippen molar-refractivity contribution in [1.29, 1.82) is 0 Å². The molecule has 0 amide bonds. The van der Waals surface area contributed by atoms with Crippen LogP contribution in [0.15, 0.2) is 5.16 Å². The molecule has 0 aliphatic rings. The molecule has 12 heavy (non-hydrogen) atoms. The van der Waals surface area contributed by atoms with Crippen LogP contribution in [0.5, 0.6) is 0 Å². The van der Waals surface area contributed by atoms with Gasteiger partial charge in [-0.05, 0) is 17.3 Å². The molecule has 0 aromatic heterocycles. The van der Waals surface area contributed by atoms with E-state index in [0.29, 0.717) is 0 Å². The molecular formula is C2H4NNa2O5PS. The fourth-order valence-electron chi connectivity index (χ4n) is 0.166. The average molecular weight is 231 g/mol. The van der Waals surface area contributed by atoms with Gasteiger partial charge in [0.25, 0.3) is 0 Å². The molecule has 0 heterocycles. The predicted molar refractivity (Wildman–Crippen MR) is 35.3 cm³/mol. The Morgan fingerprint density at radius 3 is 2.17 bits per heavy atom. The Morgan fingerprint density at radius 2 is 1.92 bits per heavy atom. The Labute approximate surface area is 117 Å². The summed E-state index contributed by atoms with van der Waals surface area (Å²) in [6.45, 7) is -4.24. The third-order valence-corrected chi connectivity index (χ3v) is 2.57. The Balaban J connectivity index is -0.000000405. The van der Waals surface area contributed by atoms with Crippen molar-refractivity contribution in [2.45, 2.75) is 0 Å². The van der Waals surface area contributed by atoms with Crippen LogP contribution in [0.25, 0.3) is 0 Å². The van der Waals surface area contributed by atoms with Crippen LogP contribution in [0.2, 0.25) is 0 Å². The fourth-order valence-corrected chi connectivity index (χ4v) is 1.33. The van der Waals surface area contributed by atoms with Crippen molar-refractivity contribution in [3.05, 3.63) is 5.21 Å². The molecule has 0 radical (unpaired) electrons. The number of hydrogen-bond donors (Lipinski definition) is 2. The Bertz CT molecular complexity index is 182. The largest absolute Gasteiger partial charge is 1.00 e. The van der Waals surface area contributed by atoms with E-state index < -0.39 is 18.4 Å². The molecule has 60 valence electrons. The van der Waals surface area contributed by atoms with Gasteiger partial charge in [-0.15, -0.1) is 0 Å². The van der Waals surface area contributed by atoms with E-state index >= 15 is 0 Å². The van der Waals surface area contributed by atoms with Gasteiger partial charge < -0.3 is 25.3 Å². The van der Waals surface area contributed by atoms with Crippen LogP contribution >= 0.6 is 18.2 Å². The van der Waals surface area contributed by atoms with E-state index in [4.69, 9.17) is 9.79 Å². The predicted octanol–water partition coefficient (Wildman–Crippen LogP) is -6.92. The van der Waals surface area contributed by atoms with Crippen LogP contribution in [-0.4, -0.2) is 21.4 Å². The maximum Gasteiger partial charge on any atom is 1.00 e. The van der Waals surface area contributed by atoms with Crippen LogP contribution in [-0.2, 0) is 4.57 Å². The van der Waals surface area contributed by atoms with Gasteiger partial charge in [0, 0.05) is 5.75 Å². The van der Waals surface area contributed by atoms with Gasteiger partial charge in [0.05, 0.1) is 0 Å². The first-order valence-corrected chi connectivity index (χ1v) is 5.22. The molecule has 0 unspecified atom stereocenters. The molecule has 0 saturated heterocycles. The molecule has 0 rings (SSSR count). The van der Waals surface area contributed by atoms with Crippen molar-refractivity contribution in [3.8, 4) is 0 Å². The van der Waals surface area contributed by atoms with E-state index in [9.17, 15) is 14.9 Å². The third-order valence-electron chi connectivity index (χ3n) is 0.458. The van der Waals surface area contributed by atoms with Crippen molar-refractivity contribution in [2.75, 3.05) is 5.75 Å². The van der Waals surface area contributed by atoms with Gasteiger partial charge in [0.15, 0.2) is 0 Å². The second-order valence-corrected chi connectivity index (χ2v) is 4.98. The summed E-state index contributed by atoms with van der Waals surface area (Å²) in [5.41, 5.74) is 0. The molecule has 0 bridgehead atoms.